The molecule has 4 rings (SSSR count). The van der Waals surface area contributed by atoms with Crippen molar-refractivity contribution in [3.8, 4) is 11.5 Å². The maximum Gasteiger partial charge on any atom is 0.191 e. The number of para-hydroxylation sites is 3. The Labute approximate surface area is 118 Å². The van der Waals surface area contributed by atoms with E-state index in [1.54, 1.807) is 0 Å². The van der Waals surface area contributed by atoms with Gasteiger partial charge in [-0.2, -0.15) is 0 Å². The molecule has 0 saturated carbocycles. The van der Waals surface area contributed by atoms with Crippen molar-refractivity contribution in [1.82, 2.24) is 0 Å². The normalized spacial score (nSPS) is 16.4. The van der Waals surface area contributed by atoms with Crippen molar-refractivity contribution in [2.24, 2.45) is 0 Å². The van der Waals surface area contributed by atoms with Gasteiger partial charge in [0.25, 0.3) is 0 Å². The van der Waals surface area contributed by atoms with Gasteiger partial charge in [-0.3, -0.25) is 0 Å². The Bertz CT molecular complexity index is 678. The number of allylic oxidation sites excluding steroid dienone is 1. The van der Waals surface area contributed by atoms with E-state index in [9.17, 15) is 0 Å². The third-order valence-corrected chi connectivity index (χ3v) is 3.66. The van der Waals surface area contributed by atoms with E-state index in [4.69, 9.17) is 9.47 Å². The SMILES string of the molecule is [C]1=C(N2CCOc3ccccc32)Cc2ccccc2O1. The van der Waals surface area contributed by atoms with Crippen LogP contribution in [-0.4, -0.2) is 13.2 Å². The van der Waals surface area contributed by atoms with Crippen molar-refractivity contribution in [2.75, 3.05) is 18.1 Å². The molecule has 2 aromatic rings. The number of rotatable bonds is 1. The van der Waals surface area contributed by atoms with Crippen molar-refractivity contribution < 1.29 is 9.47 Å². The third-order valence-electron chi connectivity index (χ3n) is 3.66. The summed E-state index contributed by atoms with van der Waals surface area (Å²) in [4.78, 5) is 2.23. The Morgan fingerprint density at radius 3 is 2.70 bits per heavy atom. The lowest BCUT2D eigenvalue weighted by Crippen LogP contribution is -2.34. The van der Waals surface area contributed by atoms with Crippen LogP contribution in [0.3, 0.4) is 0 Å². The van der Waals surface area contributed by atoms with Gasteiger partial charge in [-0.15, -0.1) is 0 Å². The predicted octanol–water partition coefficient (Wildman–Crippen LogP) is 3.17. The molecule has 0 aliphatic carbocycles. The van der Waals surface area contributed by atoms with Crippen LogP contribution in [0.25, 0.3) is 0 Å². The Hall–Kier alpha value is -2.42. The van der Waals surface area contributed by atoms with Crippen LogP contribution >= 0.6 is 0 Å². The number of ether oxygens (including phenoxy) is 2. The molecule has 2 aliphatic rings. The van der Waals surface area contributed by atoms with Crippen molar-refractivity contribution >= 4 is 5.69 Å². The topological polar surface area (TPSA) is 21.7 Å². The van der Waals surface area contributed by atoms with E-state index in [-0.39, 0.29) is 0 Å². The maximum absolute atomic E-state index is 5.69. The van der Waals surface area contributed by atoms with Gasteiger partial charge in [0.15, 0.2) is 6.26 Å². The monoisotopic (exact) mass is 264 g/mol. The highest BCUT2D eigenvalue weighted by molar-refractivity contribution is 5.63. The van der Waals surface area contributed by atoms with Crippen LogP contribution < -0.4 is 14.4 Å². The molecule has 0 saturated heterocycles. The second-order valence-corrected chi connectivity index (χ2v) is 4.90. The zero-order valence-corrected chi connectivity index (χ0v) is 11.0. The number of benzene rings is 2. The van der Waals surface area contributed by atoms with E-state index >= 15 is 0 Å². The molecular formula is C17H14NO2. The highest BCUT2D eigenvalue weighted by Crippen LogP contribution is 2.36. The van der Waals surface area contributed by atoms with Crippen LogP contribution in [0.1, 0.15) is 5.56 Å². The summed E-state index contributed by atoms with van der Waals surface area (Å²) in [5.74, 6) is 1.82. The lowest BCUT2D eigenvalue weighted by molar-refractivity contribution is 0.309. The molecule has 99 valence electrons. The van der Waals surface area contributed by atoms with Crippen molar-refractivity contribution in [2.45, 2.75) is 6.42 Å². The number of nitrogens with zero attached hydrogens (tertiary/aromatic N) is 1. The summed E-state index contributed by atoms with van der Waals surface area (Å²) in [7, 11) is 0. The quantitative estimate of drug-likeness (QED) is 0.789. The summed E-state index contributed by atoms with van der Waals surface area (Å²) in [6.45, 7) is 1.51. The minimum absolute atomic E-state index is 0.684. The minimum atomic E-state index is 0.684. The summed E-state index contributed by atoms with van der Waals surface area (Å²) in [6.07, 6.45) is 3.91. The van der Waals surface area contributed by atoms with Crippen LogP contribution in [0.2, 0.25) is 0 Å². The Kier molecular flexibility index (Phi) is 2.62. The number of hydrogen-bond donors (Lipinski definition) is 0. The molecule has 0 bridgehead atoms. The molecule has 2 heterocycles. The van der Waals surface area contributed by atoms with Gasteiger partial charge >= 0.3 is 0 Å². The molecule has 1 radical (unpaired) electrons. The van der Waals surface area contributed by atoms with Crippen LogP contribution in [0, 0.1) is 6.26 Å². The molecule has 0 spiro atoms. The number of hydrogen-bond acceptors (Lipinski definition) is 3. The molecule has 0 aromatic heterocycles. The molecule has 0 fully saturated rings. The average molecular weight is 264 g/mol. The summed E-state index contributed by atoms with van der Waals surface area (Å²) in [6, 6.07) is 16.2. The fourth-order valence-electron chi connectivity index (χ4n) is 2.68. The molecule has 0 N–H and O–H groups in total. The Balaban J connectivity index is 1.69. The first kappa shape index (κ1) is 11.4. The number of anilines is 1. The van der Waals surface area contributed by atoms with Crippen LogP contribution in [0.5, 0.6) is 11.5 Å². The van der Waals surface area contributed by atoms with Gasteiger partial charge < -0.3 is 14.4 Å². The number of fused-ring (bicyclic) bond motifs is 2. The molecule has 0 amide bonds. The van der Waals surface area contributed by atoms with Crippen LogP contribution in [0.15, 0.2) is 54.2 Å². The molecule has 20 heavy (non-hydrogen) atoms. The van der Waals surface area contributed by atoms with Crippen LogP contribution in [-0.2, 0) is 6.42 Å². The smallest absolute Gasteiger partial charge is 0.191 e. The molecule has 2 aliphatic heterocycles. The van der Waals surface area contributed by atoms with Gasteiger partial charge in [0.2, 0.25) is 0 Å². The first-order valence-corrected chi connectivity index (χ1v) is 6.78. The van der Waals surface area contributed by atoms with Gasteiger partial charge in [-0.05, 0) is 18.2 Å². The Morgan fingerprint density at radius 2 is 1.75 bits per heavy atom. The van der Waals surface area contributed by atoms with Gasteiger partial charge in [0.1, 0.15) is 18.1 Å². The fourth-order valence-corrected chi connectivity index (χ4v) is 2.68. The second kappa shape index (κ2) is 4.60. The predicted molar refractivity (Wildman–Crippen MR) is 76.8 cm³/mol. The van der Waals surface area contributed by atoms with E-state index < -0.39 is 0 Å². The average Bonchev–Trinajstić information content (AvgIpc) is 2.54. The zero-order chi connectivity index (χ0) is 13.4. The van der Waals surface area contributed by atoms with Crippen molar-refractivity contribution in [1.29, 1.82) is 0 Å². The first-order chi connectivity index (χ1) is 9.92. The van der Waals surface area contributed by atoms with E-state index in [1.807, 2.05) is 36.4 Å². The summed E-state index contributed by atoms with van der Waals surface area (Å²) < 4.78 is 11.3. The summed E-state index contributed by atoms with van der Waals surface area (Å²) in [5, 5.41) is 0. The van der Waals surface area contributed by atoms with Gasteiger partial charge in [-0.1, -0.05) is 30.3 Å². The minimum Gasteiger partial charge on any atom is -0.490 e. The summed E-state index contributed by atoms with van der Waals surface area (Å²) >= 11 is 0. The molecule has 0 atom stereocenters. The Morgan fingerprint density at radius 1 is 0.950 bits per heavy atom. The standard InChI is InChI=1S/C17H14NO2/c1-3-7-16-13(5-1)11-14(12-20-16)18-9-10-19-17-8-4-2-6-15(17)18/h1-8H,9-11H2. The van der Waals surface area contributed by atoms with Gasteiger partial charge in [0, 0.05) is 12.0 Å². The summed E-state index contributed by atoms with van der Waals surface area (Å²) in [5.41, 5.74) is 3.34. The van der Waals surface area contributed by atoms with Crippen molar-refractivity contribution in [3.63, 3.8) is 0 Å². The van der Waals surface area contributed by atoms with E-state index in [0.29, 0.717) is 6.61 Å². The van der Waals surface area contributed by atoms with Gasteiger partial charge in [0.05, 0.1) is 17.9 Å². The molecule has 3 heteroatoms. The van der Waals surface area contributed by atoms with E-state index in [1.165, 1.54) is 5.56 Å². The van der Waals surface area contributed by atoms with Crippen LogP contribution in [0.4, 0.5) is 5.69 Å². The highest BCUT2D eigenvalue weighted by atomic mass is 16.5. The highest BCUT2D eigenvalue weighted by Gasteiger charge is 2.24. The zero-order valence-electron chi connectivity index (χ0n) is 11.0. The van der Waals surface area contributed by atoms with E-state index in [2.05, 4.69) is 23.3 Å². The fraction of sp³-hybridized carbons (Fsp3) is 0.176. The third kappa shape index (κ3) is 1.83. The van der Waals surface area contributed by atoms with Crippen molar-refractivity contribution in [3.05, 3.63) is 66.1 Å². The van der Waals surface area contributed by atoms with Gasteiger partial charge in [-0.25, -0.2) is 0 Å². The largest absolute Gasteiger partial charge is 0.490 e. The molecule has 3 nitrogen and oxygen atoms in total. The maximum atomic E-state index is 5.69. The second-order valence-electron chi connectivity index (χ2n) is 4.90. The van der Waals surface area contributed by atoms with E-state index in [0.717, 1.165) is 35.8 Å². The molecular weight excluding hydrogens is 250 g/mol. The molecule has 2 aromatic carbocycles. The molecule has 0 unspecified atom stereocenters. The lowest BCUT2D eigenvalue weighted by atomic mass is 10.1. The first-order valence-electron chi connectivity index (χ1n) is 6.78. The lowest BCUT2D eigenvalue weighted by Gasteiger charge is -2.33.